The first-order chi connectivity index (χ1) is 18.6. The fourth-order valence-electron chi connectivity index (χ4n) is 6.48. The molecule has 1 saturated carbocycles. The standard InChI is InChI=1S/C29H41N3O6/c33-16-11-30-29(36)22-19-23(27(35)28-26(22)21-7-3-4-8-24(21)38-28)32(13-12-31-14-17-37-18-15-31)25(34)10-9-20-5-1-2-6-20/h3-4,7-8,19-20,23,26-28,33,35H,1-2,5-6,9-18H2,(H,30,36)/t23-,26+,27+,28+/m1/s1. The zero-order valence-corrected chi connectivity index (χ0v) is 22.1. The van der Waals surface area contributed by atoms with Gasteiger partial charge in [-0.25, -0.2) is 0 Å². The first-order valence-electron chi connectivity index (χ1n) is 14.2. The molecule has 0 spiro atoms. The number of carbonyl (C=O) groups excluding carboxylic acids is 2. The second-order valence-corrected chi connectivity index (χ2v) is 10.9. The van der Waals surface area contributed by atoms with Gasteiger partial charge >= 0.3 is 0 Å². The third-order valence-corrected chi connectivity index (χ3v) is 8.56. The summed E-state index contributed by atoms with van der Waals surface area (Å²) in [7, 11) is 0. The van der Waals surface area contributed by atoms with Crippen molar-refractivity contribution in [3.8, 4) is 5.75 Å². The molecule has 1 aromatic rings. The highest BCUT2D eigenvalue weighted by molar-refractivity contribution is 5.96. The minimum atomic E-state index is -0.984. The van der Waals surface area contributed by atoms with E-state index in [2.05, 4.69) is 10.2 Å². The van der Waals surface area contributed by atoms with Gasteiger partial charge in [-0.3, -0.25) is 14.5 Å². The average molecular weight is 528 g/mol. The third kappa shape index (κ3) is 5.91. The van der Waals surface area contributed by atoms with Gasteiger partial charge in [0.1, 0.15) is 18.0 Å². The van der Waals surface area contributed by atoms with Gasteiger partial charge in [0.2, 0.25) is 11.8 Å². The summed E-state index contributed by atoms with van der Waals surface area (Å²) in [6, 6.07) is 6.85. The molecule has 4 aliphatic rings. The number of ether oxygens (including phenoxy) is 2. The predicted octanol–water partition coefficient (Wildman–Crippen LogP) is 1.44. The number of fused-ring (bicyclic) bond motifs is 3. The number of morpholine rings is 1. The molecule has 0 aromatic heterocycles. The molecule has 208 valence electrons. The quantitative estimate of drug-likeness (QED) is 0.422. The maximum absolute atomic E-state index is 13.7. The first-order valence-corrected chi connectivity index (χ1v) is 14.2. The normalized spacial score (nSPS) is 27.3. The van der Waals surface area contributed by atoms with E-state index in [-0.39, 0.29) is 25.0 Å². The number of rotatable bonds is 10. The second-order valence-electron chi connectivity index (χ2n) is 10.9. The second kappa shape index (κ2) is 12.6. The molecule has 2 aliphatic heterocycles. The van der Waals surface area contributed by atoms with Crippen LogP contribution in [0.1, 0.15) is 50.0 Å². The van der Waals surface area contributed by atoms with Gasteiger partial charge in [-0.2, -0.15) is 0 Å². The number of benzene rings is 1. The maximum Gasteiger partial charge on any atom is 0.247 e. The first kappa shape index (κ1) is 27.1. The minimum Gasteiger partial charge on any atom is -0.486 e. The van der Waals surface area contributed by atoms with Gasteiger partial charge in [0.15, 0.2) is 0 Å². The molecule has 1 saturated heterocycles. The van der Waals surface area contributed by atoms with Crippen molar-refractivity contribution >= 4 is 11.8 Å². The van der Waals surface area contributed by atoms with Crippen LogP contribution < -0.4 is 10.1 Å². The topological polar surface area (TPSA) is 112 Å². The number of hydrogen-bond donors (Lipinski definition) is 3. The zero-order valence-electron chi connectivity index (χ0n) is 22.1. The van der Waals surface area contributed by atoms with Crippen LogP contribution in [0.3, 0.4) is 0 Å². The van der Waals surface area contributed by atoms with Crippen LogP contribution in [0.5, 0.6) is 5.75 Å². The molecule has 9 nitrogen and oxygen atoms in total. The lowest BCUT2D eigenvalue weighted by molar-refractivity contribution is -0.138. The van der Waals surface area contributed by atoms with Crippen molar-refractivity contribution in [1.29, 1.82) is 0 Å². The molecule has 0 bridgehead atoms. The molecule has 5 rings (SSSR count). The number of hydrogen-bond acceptors (Lipinski definition) is 7. The Balaban J connectivity index is 1.42. The Kier molecular flexibility index (Phi) is 8.99. The highest BCUT2D eigenvalue weighted by atomic mass is 16.5. The number of para-hydroxylation sites is 1. The third-order valence-electron chi connectivity index (χ3n) is 8.56. The summed E-state index contributed by atoms with van der Waals surface area (Å²) < 4.78 is 11.7. The van der Waals surface area contributed by atoms with E-state index in [4.69, 9.17) is 9.47 Å². The van der Waals surface area contributed by atoms with E-state index in [1.165, 1.54) is 25.7 Å². The van der Waals surface area contributed by atoms with Crippen molar-refractivity contribution < 1.29 is 29.3 Å². The Morgan fingerprint density at radius 2 is 1.89 bits per heavy atom. The van der Waals surface area contributed by atoms with Gasteiger partial charge in [-0.1, -0.05) is 43.9 Å². The van der Waals surface area contributed by atoms with Crippen LogP contribution in [0.2, 0.25) is 0 Å². The molecule has 4 atom stereocenters. The van der Waals surface area contributed by atoms with Crippen molar-refractivity contribution in [3.63, 3.8) is 0 Å². The van der Waals surface area contributed by atoms with Crippen LogP contribution in [-0.2, 0) is 14.3 Å². The summed E-state index contributed by atoms with van der Waals surface area (Å²) in [4.78, 5) is 31.1. The van der Waals surface area contributed by atoms with Crippen LogP contribution in [-0.4, -0.2) is 103 Å². The highest BCUT2D eigenvalue weighted by Crippen LogP contribution is 2.47. The van der Waals surface area contributed by atoms with E-state index in [1.807, 2.05) is 24.3 Å². The van der Waals surface area contributed by atoms with E-state index in [0.29, 0.717) is 50.0 Å². The Bertz CT molecular complexity index is 1000. The lowest BCUT2D eigenvalue weighted by Gasteiger charge is -2.41. The molecule has 2 aliphatic carbocycles. The van der Waals surface area contributed by atoms with E-state index < -0.39 is 24.2 Å². The summed E-state index contributed by atoms with van der Waals surface area (Å²) in [6.07, 6.45) is 6.23. The van der Waals surface area contributed by atoms with Crippen molar-refractivity contribution in [2.75, 3.05) is 52.5 Å². The Hall–Kier alpha value is -2.46. The van der Waals surface area contributed by atoms with Crippen molar-refractivity contribution in [3.05, 3.63) is 41.5 Å². The van der Waals surface area contributed by atoms with Gasteiger partial charge in [0.05, 0.1) is 31.8 Å². The lowest BCUT2D eigenvalue weighted by atomic mass is 9.77. The number of aliphatic hydroxyl groups is 2. The average Bonchev–Trinajstić information content (AvgIpc) is 3.61. The smallest absolute Gasteiger partial charge is 0.247 e. The molecule has 0 unspecified atom stereocenters. The summed E-state index contributed by atoms with van der Waals surface area (Å²) in [5.41, 5.74) is 1.33. The van der Waals surface area contributed by atoms with Gasteiger partial charge in [-0.15, -0.1) is 0 Å². The summed E-state index contributed by atoms with van der Waals surface area (Å²) in [5, 5.41) is 23.7. The number of aliphatic hydroxyl groups excluding tert-OH is 2. The van der Waals surface area contributed by atoms with Crippen LogP contribution in [0, 0.1) is 5.92 Å². The molecular weight excluding hydrogens is 486 g/mol. The van der Waals surface area contributed by atoms with Gasteiger partial charge < -0.3 is 29.9 Å². The van der Waals surface area contributed by atoms with E-state index in [9.17, 15) is 19.8 Å². The lowest BCUT2D eigenvalue weighted by Crippen LogP contribution is -2.57. The van der Waals surface area contributed by atoms with E-state index >= 15 is 0 Å². The number of carbonyl (C=O) groups is 2. The van der Waals surface area contributed by atoms with E-state index in [0.717, 1.165) is 25.1 Å². The van der Waals surface area contributed by atoms with Gasteiger partial charge in [0.25, 0.3) is 0 Å². The Labute approximate surface area is 224 Å². The number of nitrogens with one attached hydrogen (secondary N) is 1. The Morgan fingerprint density at radius 3 is 2.66 bits per heavy atom. The minimum absolute atomic E-state index is 0.00883. The van der Waals surface area contributed by atoms with Gasteiger partial charge in [0, 0.05) is 50.3 Å². The van der Waals surface area contributed by atoms with Crippen molar-refractivity contribution in [2.24, 2.45) is 5.92 Å². The van der Waals surface area contributed by atoms with E-state index in [1.54, 1.807) is 11.0 Å². The van der Waals surface area contributed by atoms with Crippen LogP contribution in [0.15, 0.2) is 35.9 Å². The molecule has 2 amide bonds. The van der Waals surface area contributed by atoms with Crippen molar-refractivity contribution in [2.45, 2.75) is 62.7 Å². The van der Waals surface area contributed by atoms with Crippen LogP contribution in [0.25, 0.3) is 0 Å². The SMILES string of the molecule is O=C(NCCO)C1=C[C@@H](N(CCN2CCOCC2)C(=O)CCC2CCCC2)[C@H](O)[C@H]2Oc3ccccc3[C@@H]12. The molecule has 2 fully saturated rings. The number of amides is 2. The molecule has 1 aromatic carbocycles. The molecule has 38 heavy (non-hydrogen) atoms. The fourth-order valence-corrected chi connectivity index (χ4v) is 6.48. The molecule has 0 radical (unpaired) electrons. The number of nitrogens with zero attached hydrogens (tertiary/aromatic N) is 2. The monoisotopic (exact) mass is 527 g/mol. The summed E-state index contributed by atoms with van der Waals surface area (Å²) >= 11 is 0. The highest BCUT2D eigenvalue weighted by Gasteiger charge is 2.50. The van der Waals surface area contributed by atoms with Gasteiger partial charge in [-0.05, 0) is 24.5 Å². The predicted molar refractivity (Wildman–Crippen MR) is 142 cm³/mol. The van der Waals surface area contributed by atoms with Crippen molar-refractivity contribution in [1.82, 2.24) is 15.1 Å². The fraction of sp³-hybridized carbons (Fsp3) is 0.655. The largest absolute Gasteiger partial charge is 0.486 e. The van der Waals surface area contributed by atoms with Crippen LogP contribution >= 0.6 is 0 Å². The summed E-state index contributed by atoms with van der Waals surface area (Å²) in [5.74, 6) is 0.498. The summed E-state index contributed by atoms with van der Waals surface area (Å²) in [6.45, 7) is 4.06. The molecule has 2 heterocycles. The molecule has 3 N–H and O–H groups in total. The maximum atomic E-state index is 13.7. The zero-order chi connectivity index (χ0) is 26.5. The Morgan fingerprint density at radius 1 is 1.13 bits per heavy atom. The van der Waals surface area contributed by atoms with Crippen LogP contribution in [0.4, 0.5) is 0 Å². The molecule has 9 heteroatoms. The molecular formula is C29H41N3O6.